The zero-order valence-electron chi connectivity index (χ0n) is 23.4. The third kappa shape index (κ3) is 16.8. The van der Waals surface area contributed by atoms with Gasteiger partial charge in [0.05, 0.1) is 13.2 Å². The smallest absolute Gasteiger partial charge is 0.168 e. The Morgan fingerprint density at radius 3 is 1.71 bits per heavy atom. The number of carbonyl (C=O) groups is 2. The van der Waals surface area contributed by atoms with Gasteiger partial charge in [0.2, 0.25) is 0 Å². The van der Waals surface area contributed by atoms with E-state index in [0.29, 0.717) is 55.9 Å². The maximum Gasteiger partial charge on any atom is 0.168 e. The van der Waals surface area contributed by atoms with Crippen molar-refractivity contribution < 1.29 is 19.1 Å². The van der Waals surface area contributed by atoms with Crippen molar-refractivity contribution in [3.8, 4) is 0 Å². The molecule has 0 saturated heterocycles. The molecule has 0 radical (unpaired) electrons. The Bertz CT molecular complexity index is 568. The predicted molar refractivity (Wildman–Crippen MR) is 141 cm³/mol. The summed E-state index contributed by atoms with van der Waals surface area (Å²) in [7, 11) is 0. The lowest BCUT2D eigenvalue weighted by atomic mass is 9.89. The second kappa shape index (κ2) is 16.1. The molecule has 1 aliphatic rings. The van der Waals surface area contributed by atoms with Gasteiger partial charge in [0.1, 0.15) is 11.6 Å². The third-order valence-corrected chi connectivity index (χ3v) is 6.47. The first-order valence-electron chi connectivity index (χ1n) is 14.0. The first-order valence-corrected chi connectivity index (χ1v) is 14.0. The van der Waals surface area contributed by atoms with E-state index in [-0.39, 0.29) is 5.54 Å². The van der Waals surface area contributed by atoms with E-state index < -0.39 is 5.79 Å². The number of Topliss-reactive ketones (excluding diaryl/α,β-unsaturated/α-hetero) is 2. The molecule has 0 amide bonds. The van der Waals surface area contributed by atoms with Gasteiger partial charge < -0.3 is 14.8 Å². The Morgan fingerprint density at radius 2 is 1.21 bits per heavy atom. The van der Waals surface area contributed by atoms with E-state index in [9.17, 15) is 9.59 Å². The van der Waals surface area contributed by atoms with Crippen LogP contribution in [0.15, 0.2) is 0 Å². The van der Waals surface area contributed by atoms with Crippen molar-refractivity contribution >= 4 is 11.6 Å². The second-order valence-corrected chi connectivity index (χ2v) is 12.5. The molecule has 1 fully saturated rings. The molecule has 1 rings (SSSR count). The van der Waals surface area contributed by atoms with E-state index in [1.807, 2.05) is 0 Å². The Kier molecular flexibility index (Phi) is 14.8. The molecule has 1 N–H and O–H groups in total. The van der Waals surface area contributed by atoms with Crippen LogP contribution in [0.4, 0.5) is 0 Å². The minimum atomic E-state index is -0.488. The van der Waals surface area contributed by atoms with Gasteiger partial charge in [-0.3, -0.25) is 9.59 Å². The fourth-order valence-electron chi connectivity index (χ4n) is 4.45. The van der Waals surface area contributed by atoms with Crippen LogP contribution >= 0.6 is 0 Å². The molecule has 200 valence electrons. The molecular weight excluding hydrogens is 426 g/mol. The standard InChI is InChI=1S/C29H55NO4/c1-27(2,3)19-12-16-26(32)18-14-24-34-29(20-9-10-21-29)33-23-13-17-25(31)15-8-7-11-22-30-28(4,5)6/h30H,7-24H2,1-6H3. The summed E-state index contributed by atoms with van der Waals surface area (Å²) >= 11 is 0. The number of carbonyl (C=O) groups excluding carboxylic acids is 2. The van der Waals surface area contributed by atoms with Gasteiger partial charge in [-0.25, -0.2) is 0 Å². The maximum absolute atomic E-state index is 12.2. The number of hydrogen-bond donors (Lipinski definition) is 1. The molecule has 0 aromatic carbocycles. The van der Waals surface area contributed by atoms with Gasteiger partial charge in [0.15, 0.2) is 5.79 Å². The predicted octanol–water partition coefficient (Wildman–Crippen LogP) is 7.15. The monoisotopic (exact) mass is 481 g/mol. The number of unbranched alkanes of at least 4 members (excludes halogenated alkanes) is 2. The Morgan fingerprint density at radius 1 is 0.706 bits per heavy atom. The van der Waals surface area contributed by atoms with Gasteiger partial charge in [-0.15, -0.1) is 0 Å². The molecular formula is C29H55NO4. The minimum Gasteiger partial charge on any atom is -0.350 e. The van der Waals surface area contributed by atoms with E-state index in [4.69, 9.17) is 9.47 Å². The zero-order valence-corrected chi connectivity index (χ0v) is 23.4. The lowest BCUT2D eigenvalue weighted by Crippen LogP contribution is -2.36. The van der Waals surface area contributed by atoms with Crippen LogP contribution in [-0.2, 0) is 19.1 Å². The highest BCUT2D eigenvalue weighted by Crippen LogP contribution is 2.35. The molecule has 0 unspecified atom stereocenters. The molecule has 5 heteroatoms. The summed E-state index contributed by atoms with van der Waals surface area (Å²) in [6.07, 6.45) is 13.4. The van der Waals surface area contributed by atoms with Crippen molar-refractivity contribution in [3.63, 3.8) is 0 Å². The van der Waals surface area contributed by atoms with Crippen molar-refractivity contribution in [2.24, 2.45) is 5.41 Å². The molecule has 0 spiro atoms. The second-order valence-electron chi connectivity index (χ2n) is 12.5. The fraction of sp³-hybridized carbons (Fsp3) is 0.931. The largest absolute Gasteiger partial charge is 0.350 e. The van der Waals surface area contributed by atoms with E-state index in [2.05, 4.69) is 46.9 Å². The van der Waals surface area contributed by atoms with Gasteiger partial charge in [-0.2, -0.15) is 0 Å². The van der Waals surface area contributed by atoms with Crippen LogP contribution in [0.25, 0.3) is 0 Å². The Hall–Kier alpha value is -0.780. The Balaban J connectivity index is 2.12. The highest BCUT2D eigenvalue weighted by molar-refractivity contribution is 5.78. The normalized spacial score (nSPS) is 16.2. The topological polar surface area (TPSA) is 64.6 Å². The van der Waals surface area contributed by atoms with E-state index in [1.165, 1.54) is 0 Å². The van der Waals surface area contributed by atoms with Gasteiger partial charge in [0.25, 0.3) is 0 Å². The molecule has 0 aromatic rings. The van der Waals surface area contributed by atoms with Crippen molar-refractivity contribution in [1.82, 2.24) is 5.32 Å². The molecule has 0 aromatic heterocycles. The molecule has 5 nitrogen and oxygen atoms in total. The average Bonchev–Trinajstić information content (AvgIpc) is 3.18. The summed E-state index contributed by atoms with van der Waals surface area (Å²) in [6.45, 7) is 15.4. The van der Waals surface area contributed by atoms with Crippen molar-refractivity contribution in [2.75, 3.05) is 19.8 Å². The summed E-state index contributed by atoms with van der Waals surface area (Å²) in [5.41, 5.74) is 0.462. The van der Waals surface area contributed by atoms with Crippen LogP contribution in [0.5, 0.6) is 0 Å². The summed E-state index contributed by atoms with van der Waals surface area (Å²) in [5.74, 6) is 0.204. The van der Waals surface area contributed by atoms with Gasteiger partial charge in [0, 0.05) is 44.1 Å². The maximum atomic E-state index is 12.2. The summed E-state index contributed by atoms with van der Waals surface area (Å²) < 4.78 is 12.3. The number of ketones is 2. The molecule has 0 heterocycles. The number of nitrogens with one attached hydrogen (secondary N) is 1. The highest BCUT2D eigenvalue weighted by Gasteiger charge is 2.35. The van der Waals surface area contributed by atoms with E-state index >= 15 is 0 Å². The number of ether oxygens (including phenoxy) is 2. The molecule has 1 aliphatic carbocycles. The molecule has 0 aliphatic heterocycles. The number of rotatable bonds is 19. The van der Waals surface area contributed by atoms with Crippen molar-refractivity contribution in [1.29, 1.82) is 0 Å². The minimum absolute atomic E-state index is 0.166. The van der Waals surface area contributed by atoms with Crippen molar-refractivity contribution in [2.45, 2.75) is 149 Å². The lowest BCUT2D eigenvalue weighted by molar-refractivity contribution is -0.233. The SMILES string of the molecule is CC(C)(C)CCCC(=O)CCCOC1(OCCCC(=O)CCCCCNC(C)(C)C)CCCC1. The van der Waals surface area contributed by atoms with Crippen LogP contribution < -0.4 is 5.32 Å². The van der Waals surface area contributed by atoms with Crippen LogP contribution in [0, 0.1) is 5.41 Å². The van der Waals surface area contributed by atoms with Crippen LogP contribution in [0.2, 0.25) is 0 Å². The zero-order chi connectivity index (χ0) is 25.5. The first kappa shape index (κ1) is 31.3. The molecule has 0 bridgehead atoms. The third-order valence-electron chi connectivity index (χ3n) is 6.47. The molecule has 1 saturated carbocycles. The quantitative estimate of drug-likeness (QED) is 0.157. The summed E-state index contributed by atoms with van der Waals surface area (Å²) in [5, 5.41) is 3.49. The average molecular weight is 482 g/mol. The lowest BCUT2D eigenvalue weighted by Gasteiger charge is -2.29. The van der Waals surface area contributed by atoms with Crippen LogP contribution in [-0.4, -0.2) is 42.7 Å². The van der Waals surface area contributed by atoms with Crippen LogP contribution in [0.3, 0.4) is 0 Å². The van der Waals surface area contributed by atoms with Crippen LogP contribution in [0.1, 0.15) is 138 Å². The molecule has 34 heavy (non-hydrogen) atoms. The van der Waals surface area contributed by atoms with Gasteiger partial charge in [-0.1, -0.05) is 27.2 Å². The summed E-state index contributed by atoms with van der Waals surface area (Å²) in [6, 6.07) is 0. The van der Waals surface area contributed by atoms with E-state index in [0.717, 1.165) is 77.2 Å². The number of hydrogen-bond acceptors (Lipinski definition) is 5. The van der Waals surface area contributed by atoms with Crippen molar-refractivity contribution in [3.05, 3.63) is 0 Å². The summed E-state index contributed by atoms with van der Waals surface area (Å²) in [4.78, 5) is 24.3. The highest BCUT2D eigenvalue weighted by atomic mass is 16.7. The van der Waals surface area contributed by atoms with Gasteiger partial charge in [-0.05, 0) is 84.1 Å². The Labute approximate surface area is 210 Å². The fourth-order valence-corrected chi connectivity index (χ4v) is 4.45. The van der Waals surface area contributed by atoms with E-state index in [1.54, 1.807) is 0 Å². The van der Waals surface area contributed by atoms with Gasteiger partial charge >= 0.3 is 0 Å². The first-order chi connectivity index (χ1) is 15.9. The molecule has 0 atom stereocenters.